The summed E-state index contributed by atoms with van der Waals surface area (Å²) in [6, 6.07) is 0. The Morgan fingerprint density at radius 3 is 1.20 bits per heavy atom. The van der Waals surface area contributed by atoms with Crippen LogP contribution in [0, 0.1) is 0 Å². The highest BCUT2D eigenvalue weighted by atomic mass is 80.0. The molecule has 0 radical (unpaired) electrons. The van der Waals surface area contributed by atoms with E-state index in [9.17, 15) is 8.78 Å². The zero-order valence-electron chi connectivity index (χ0n) is 4.22. The van der Waals surface area contributed by atoms with Crippen LogP contribution in [-0.2, 0) is 0 Å². The third-order valence-corrected chi connectivity index (χ3v) is 7.60. The summed E-state index contributed by atoms with van der Waals surface area (Å²) in [6.07, 6.45) is -2.55. The fourth-order valence-corrected chi connectivity index (χ4v) is 0.643. The molecule has 0 N–H and O–H groups in total. The fraction of sp³-hybridized carbons (Fsp3) is 1.00. The summed E-state index contributed by atoms with van der Waals surface area (Å²) in [5.74, 6) is 0. The number of rotatable bonds is 1. The molecule has 0 saturated heterocycles. The first-order valence-electron chi connectivity index (χ1n) is 1.92. The molecular formula is C3HBr5F2. The molecule has 0 bridgehead atoms. The van der Waals surface area contributed by atoms with Crippen molar-refractivity contribution < 1.29 is 8.78 Å². The highest BCUT2D eigenvalue weighted by Crippen LogP contribution is 2.55. The third-order valence-electron chi connectivity index (χ3n) is 0.652. The van der Waals surface area contributed by atoms with Gasteiger partial charge in [0, 0.05) is 0 Å². The lowest BCUT2D eigenvalue weighted by molar-refractivity contribution is 0.142. The molecule has 0 aliphatic rings. The van der Waals surface area contributed by atoms with E-state index in [1.807, 2.05) is 0 Å². The van der Waals surface area contributed by atoms with Gasteiger partial charge in [-0.3, -0.25) is 0 Å². The van der Waals surface area contributed by atoms with Gasteiger partial charge in [-0.25, -0.2) is 8.78 Å². The van der Waals surface area contributed by atoms with Crippen molar-refractivity contribution in [1.29, 1.82) is 0 Å². The Hall–Kier alpha value is 2.26. The molecule has 7 heteroatoms. The Labute approximate surface area is 99.1 Å². The van der Waals surface area contributed by atoms with E-state index in [-0.39, 0.29) is 0 Å². The monoisotopic (exact) mass is 470 g/mol. The summed E-state index contributed by atoms with van der Waals surface area (Å²) in [7, 11) is 0. The van der Waals surface area contributed by atoms with Crippen LogP contribution < -0.4 is 0 Å². The Kier molecular flexibility index (Phi) is 4.88. The lowest BCUT2D eigenvalue weighted by atomic mass is 10.5. The molecule has 0 atom stereocenters. The van der Waals surface area contributed by atoms with Gasteiger partial charge in [-0.2, -0.15) is 0 Å². The maximum atomic E-state index is 12.1. The van der Waals surface area contributed by atoms with Crippen molar-refractivity contribution in [2.24, 2.45) is 0 Å². The van der Waals surface area contributed by atoms with Crippen LogP contribution >= 0.6 is 79.6 Å². The maximum Gasteiger partial charge on any atom is 0.266 e. The van der Waals surface area contributed by atoms with Crippen LogP contribution in [0.15, 0.2) is 0 Å². The Balaban J connectivity index is 4.40. The van der Waals surface area contributed by atoms with Gasteiger partial charge in [0.2, 0.25) is 0 Å². The van der Waals surface area contributed by atoms with Crippen molar-refractivity contribution in [2.75, 3.05) is 0 Å². The predicted molar refractivity (Wildman–Crippen MR) is 56.1 cm³/mol. The van der Waals surface area contributed by atoms with E-state index in [2.05, 4.69) is 79.6 Å². The van der Waals surface area contributed by atoms with E-state index in [0.717, 1.165) is 0 Å². The lowest BCUT2D eigenvalue weighted by Gasteiger charge is -2.28. The van der Waals surface area contributed by atoms with Crippen molar-refractivity contribution in [1.82, 2.24) is 0 Å². The van der Waals surface area contributed by atoms with Gasteiger partial charge < -0.3 is 0 Å². The molecule has 0 heterocycles. The topological polar surface area (TPSA) is 0 Å². The molecule has 62 valence electrons. The lowest BCUT2D eigenvalue weighted by Crippen LogP contribution is -2.35. The van der Waals surface area contributed by atoms with Crippen molar-refractivity contribution >= 4 is 79.6 Å². The standard InChI is InChI=1S/C3HBr5F2/c4-2(5,1(9)10)3(6,7)8/h1H. The molecule has 0 fully saturated rings. The van der Waals surface area contributed by atoms with Gasteiger partial charge in [-0.05, 0) is 0 Å². The average molecular weight is 475 g/mol. The van der Waals surface area contributed by atoms with E-state index in [0.29, 0.717) is 0 Å². The van der Waals surface area contributed by atoms with Crippen molar-refractivity contribution in [2.45, 2.75) is 11.8 Å². The minimum absolute atomic E-state index is 1.06. The van der Waals surface area contributed by atoms with Gasteiger partial charge >= 0.3 is 0 Å². The summed E-state index contributed by atoms with van der Waals surface area (Å²) in [4.78, 5) is 0. The number of halogens is 7. The van der Waals surface area contributed by atoms with Crippen molar-refractivity contribution in [3.63, 3.8) is 0 Å². The minimum Gasteiger partial charge on any atom is -0.208 e. The Morgan fingerprint density at radius 1 is 0.900 bits per heavy atom. The molecular weight excluding hydrogens is 474 g/mol. The largest absolute Gasteiger partial charge is 0.266 e. The van der Waals surface area contributed by atoms with E-state index < -0.39 is 11.8 Å². The van der Waals surface area contributed by atoms with Gasteiger partial charge in [-0.15, -0.1) is 0 Å². The van der Waals surface area contributed by atoms with Crippen LogP contribution in [0.5, 0.6) is 0 Å². The first-order chi connectivity index (χ1) is 4.19. The number of hydrogen-bond donors (Lipinski definition) is 0. The summed E-state index contributed by atoms with van der Waals surface area (Å²) >= 11 is 14.5. The van der Waals surface area contributed by atoms with Gasteiger partial charge in [0.25, 0.3) is 6.43 Å². The number of alkyl halides is 7. The fourth-order valence-electron chi connectivity index (χ4n) is 0.124. The van der Waals surface area contributed by atoms with Crippen LogP contribution in [0.25, 0.3) is 0 Å². The first kappa shape index (κ1) is 12.3. The van der Waals surface area contributed by atoms with Crippen LogP contribution in [0.1, 0.15) is 0 Å². The smallest absolute Gasteiger partial charge is 0.208 e. The molecule has 10 heavy (non-hydrogen) atoms. The normalized spacial score (nSPS) is 14.4. The van der Waals surface area contributed by atoms with Crippen molar-refractivity contribution in [3.8, 4) is 0 Å². The van der Waals surface area contributed by atoms with Crippen LogP contribution in [-0.4, -0.2) is 11.8 Å². The highest BCUT2D eigenvalue weighted by molar-refractivity contribution is 9.41. The molecule has 0 aliphatic heterocycles. The summed E-state index contributed by atoms with van der Waals surface area (Å²) in [5.41, 5.74) is 0. The van der Waals surface area contributed by atoms with E-state index in [4.69, 9.17) is 0 Å². The van der Waals surface area contributed by atoms with E-state index in [1.165, 1.54) is 0 Å². The van der Waals surface area contributed by atoms with Gasteiger partial charge in [0.1, 0.15) is 0 Å². The third kappa shape index (κ3) is 2.95. The van der Waals surface area contributed by atoms with Crippen molar-refractivity contribution in [3.05, 3.63) is 0 Å². The SMILES string of the molecule is FC(F)C(Br)(Br)C(Br)(Br)Br. The molecule has 0 aromatic rings. The minimum atomic E-state index is -2.55. The highest BCUT2D eigenvalue weighted by Gasteiger charge is 2.50. The Bertz CT molecular complexity index is 117. The van der Waals surface area contributed by atoms with Crippen LogP contribution in [0.3, 0.4) is 0 Å². The quantitative estimate of drug-likeness (QED) is 0.489. The molecule has 0 saturated carbocycles. The van der Waals surface area contributed by atoms with Gasteiger partial charge in [0.05, 0.1) is 0 Å². The zero-order chi connectivity index (χ0) is 8.58. The van der Waals surface area contributed by atoms with Crippen LogP contribution in [0.4, 0.5) is 8.78 Å². The van der Waals surface area contributed by atoms with Gasteiger partial charge in [-0.1, -0.05) is 79.6 Å². The molecule has 0 aromatic heterocycles. The molecule has 0 spiro atoms. The second kappa shape index (κ2) is 3.98. The second-order valence-electron chi connectivity index (χ2n) is 1.42. The predicted octanol–water partition coefficient (Wildman–Crippen LogP) is 4.58. The molecule has 0 rings (SSSR count). The van der Waals surface area contributed by atoms with E-state index >= 15 is 0 Å². The van der Waals surface area contributed by atoms with Gasteiger partial charge in [0.15, 0.2) is 5.38 Å². The number of hydrogen-bond acceptors (Lipinski definition) is 0. The average Bonchev–Trinajstić information content (AvgIpc) is 1.62. The summed E-state index contributed by atoms with van der Waals surface area (Å²) in [5, 5.41) is 0. The molecule has 0 unspecified atom stereocenters. The molecule has 0 aromatic carbocycles. The Morgan fingerprint density at radius 2 is 1.20 bits per heavy atom. The molecule has 0 amide bonds. The maximum absolute atomic E-state index is 12.1. The zero-order valence-corrected chi connectivity index (χ0v) is 12.2. The van der Waals surface area contributed by atoms with E-state index in [1.54, 1.807) is 0 Å². The second-order valence-corrected chi connectivity index (χ2v) is 11.7. The molecule has 0 nitrogen and oxygen atoms in total. The first-order valence-corrected chi connectivity index (χ1v) is 5.89. The summed E-state index contributed by atoms with van der Waals surface area (Å²) in [6.45, 7) is 0. The van der Waals surface area contributed by atoms with Crippen LogP contribution in [0.2, 0.25) is 0 Å². The molecule has 0 aliphatic carbocycles. The summed E-state index contributed by atoms with van der Waals surface area (Å²) < 4.78 is 21.7.